The first-order valence-electron chi connectivity index (χ1n) is 8.11. The molecule has 11 heteroatoms. The molecule has 1 fully saturated rings. The number of fused-ring (bicyclic) bond motifs is 1. The van der Waals surface area contributed by atoms with E-state index in [9.17, 15) is 22.0 Å². The predicted molar refractivity (Wildman–Crippen MR) is 92.9 cm³/mol. The van der Waals surface area contributed by atoms with E-state index in [0.717, 1.165) is 0 Å². The zero-order valence-electron chi connectivity index (χ0n) is 14.1. The summed E-state index contributed by atoms with van der Waals surface area (Å²) < 4.78 is 49.5. The molecule has 3 rings (SSSR count). The van der Waals surface area contributed by atoms with Crippen LogP contribution in [0.5, 0.6) is 0 Å². The Bertz CT molecular complexity index is 955. The molecule has 1 aliphatic heterocycles. The molecule has 1 saturated heterocycles. The summed E-state index contributed by atoms with van der Waals surface area (Å²) in [5.41, 5.74) is -0.340. The first kappa shape index (κ1) is 18.6. The summed E-state index contributed by atoms with van der Waals surface area (Å²) in [6, 6.07) is 1.38. The van der Waals surface area contributed by atoms with Gasteiger partial charge in [0.15, 0.2) is 0 Å². The summed E-state index contributed by atoms with van der Waals surface area (Å²) >= 11 is 0. The maximum atomic E-state index is 12.5. The Morgan fingerprint density at radius 2 is 2.08 bits per heavy atom. The zero-order chi connectivity index (χ0) is 18.9. The van der Waals surface area contributed by atoms with Gasteiger partial charge in [0.05, 0.1) is 6.26 Å². The number of piperidine rings is 1. The third-order valence-electron chi connectivity index (χ3n) is 4.30. The van der Waals surface area contributed by atoms with Gasteiger partial charge in [-0.3, -0.25) is 4.79 Å². The average Bonchev–Trinajstić information content (AvgIpc) is 2.55. The van der Waals surface area contributed by atoms with Gasteiger partial charge in [-0.1, -0.05) is 0 Å². The van der Waals surface area contributed by atoms with Crippen LogP contribution in [0.25, 0.3) is 11.0 Å². The van der Waals surface area contributed by atoms with Crippen molar-refractivity contribution >= 4 is 27.0 Å². The van der Waals surface area contributed by atoms with E-state index in [2.05, 4.69) is 20.3 Å². The molecule has 0 amide bonds. The molecule has 2 N–H and O–H groups in total. The lowest BCUT2D eigenvalue weighted by molar-refractivity contribution is 0.148. The lowest BCUT2D eigenvalue weighted by Crippen LogP contribution is -2.42. The van der Waals surface area contributed by atoms with Crippen molar-refractivity contribution in [2.24, 2.45) is 0 Å². The molecule has 142 valence electrons. The summed E-state index contributed by atoms with van der Waals surface area (Å²) in [7, 11) is -3.19. The molecule has 0 atom stereocenters. The molecule has 0 unspecified atom stereocenters. The number of nitrogens with one attached hydrogen (secondary N) is 2. The molecule has 0 aromatic carbocycles. The van der Waals surface area contributed by atoms with E-state index in [1.54, 1.807) is 0 Å². The van der Waals surface area contributed by atoms with E-state index in [1.165, 1.54) is 22.8 Å². The molecule has 2 aromatic heterocycles. The number of aromatic nitrogens is 3. The van der Waals surface area contributed by atoms with Gasteiger partial charge in [-0.25, -0.2) is 26.5 Å². The van der Waals surface area contributed by atoms with E-state index in [0.29, 0.717) is 37.3 Å². The molecule has 0 saturated carbocycles. The van der Waals surface area contributed by atoms with E-state index in [-0.39, 0.29) is 17.3 Å². The maximum Gasteiger partial charge on any atom is 0.252 e. The molecule has 0 bridgehead atoms. The topological polar surface area (TPSA) is 108 Å². The number of sulfonamides is 1. The van der Waals surface area contributed by atoms with Crippen LogP contribution < -0.4 is 10.9 Å². The average molecular weight is 387 g/mol. The number of nitrogens with zero attached hydrogens (tertiary/aromatic N) is 3. The van der Waals surface area contributed by atoms with Crippen LogP contribution in [-0.4, -0.2) is 59.5 Å². The number of anilines is 1. The molecule has 2 aromatic rings. The maximum absolute atomic E-state index is 12.5. The van der Waals surface area contributed by atoms with Crippen molar-refractivity contribution in [1.29, 1.82) is 0 Å². The van der Waals surface area contributed by atoms with Crippen LogP contribution in [0.1, 0.15) is 18.4 Å². The number of pyridine rings is 1. The van der Waals surface area contributed by atoms with Gasteiger partial charge >= 0.3 is 0 Å². The van der Waals surface area contributed by atoms with Crippen LogP contribution in [0, 0.1) is 0 Å². The van der Waals surface area contributed by atoms with E-state index >= 15 is 0 Å². The Kier molecular flexibility index (Phi) is 5.19. The lowest BCUT2D eigenvalue weighted by Gasteiger charge is -2.30. The van der Waals surface area contributed by atoms with E-state index in [1.807, 2.05) is 0 Å². The van der Waals surface area contributed by atoms with Crippen molar-refractivity contribution in [3.63, 3.8) is 0 Å². The Hall–Kier alpha value is -2.14. The van der Waals surface area contributed by atoms with Crippen LogP contribution >= 0.6 is 0 Å². The van der Waals surface area contributed by atoms with Crippen LogP contribution in [0.2, 0.25) is 0 Å². The molecule has 0 aliphatic carbocycles. The predicted octanol–water partition coefficient (Wildman–Crippen LogP) is 0.962. The van der Waals surface area contributed by atoms with Crippen molar-refractivity contribution in [3.8, 4) is 0 Å². The second kappa shape index (κ2) is 7.23. The lowest BCUT2D eigenvalue weighted by atomic mass is 10.1. The van der Waals surface area contributed by atoms with Gasteiger partial charge in [0.2, 0.25) is 22.4 Å². The molecular weight excluding hydrogens is 368 g/mol. The Morgan fingerprint density at radius 1 is 1.38 bits per heavy atom. The van der Waals surface area contributed by atoms with E-state index < -0.39 is 28.4 Å². The van der Waals surface area contributed by atoms with Crippen molar-refractivity contribution in [2.75, 3.05) is 24.7 Å². The SMILES string of the molecule is CS(=O)(=O)N1CCC(Nc2ncc3cc(CC(F)F)c(=O)[nH]c3n2)CC1. The summed E-state index contributed by atoms with van der Waals surface area (Å²) in [6.45, 7) is 0.829. The molecule has 26 heavy (non-hydrogen) atoms. The minimum atomic E-state index is -3.19. The number of hydrogen-bond donors (Lipinski definition) is 2. The number of rotatable bonds is 5. The third-order valence-corrected chi connectivity index (χ3v) is 5.60. The minimum absolute atomic E-state index is 0.00930. The molecule has 0 radical (unpaired) electrons. The van der Waals surface area contributed by atoms with Crippen LogP contribution in [0.3, 0.4) is 0 Å². The molecular formula is C15H19F2N5O3S. The quantitative estimate of drug-likeness (QED) is 0.791. The normalized spacial score (nSPS) is 17.1. The number of aromatic amines is 1. The fraction of sp³-hybridized carbons (Fsp3) is 0.533. The Morgan fingerprint density at radius 3 is 2.69 bits per heavy atom. The molecule has 0 spiro atoms. The fourth-order valence-corrected chi connectivity index (χ4v) is 3.81. The van der Waals surface area contributed by atoms with Crippen molar-refractivity contribution in [3.05, 3.63) is 28.2 Å². The smallest absolute Gasteiger partial charge is 0.252 e. The standard InChI is InChI=1S/C15H19F2N5O3S/c1-26(24,25)22-4-2-11(3-5-22)19-15-18-8-10-6-9(7-12(16)17)14(23)20-13(10)21-15/h6,8,11-12H,2-5,7H2,1H3,(H2,18,19,20,21,23). The van der Waals surface area contributed by atoms with Crippen molar-refractivity contribution < 1.29 is 17.2 Å². The van der Waals surface area contributed by atoms with Crippen LogP contribution in [-0.2, 0) is 16.4 Å². The Labute approximate surface area is 148 Å². The van der Waals surface area contributed by atoms with Gasteiger partial charge in [-0.15, -0.1) is 0 Å². The summed E-state index contributed by atoms with van der Waals surface area (Å²) in [6.07, 6.45) is 0.640. The Balaban J connectivity index is 1.73. The molecule has 1 aliphatic rings. The zero-order valence-corrected chi connectivity index (χ0v) is 14.9. The summed E-state index contributed by atoms with van der Waals surface area (Å²) in [5.74, 6) is 0.299. The monoisotopic (exact) mass is 387 g/mol. The highest BCUT2D eigenvalue weighted by molar-refractivity contribution is 7.88. The number of halogens is 2. The highest BCUT2D eigenvalue weighted by Gasteiger charge is 2.25. The second-order valence-electron chi connectivity index (χ2n) is 6.30. The van der Waals surface area contributed by atoms with Crippen LogP contribution in [0.4, 0.5) is 14.7 Å². The van der Waals surface area contributed by atoms with Gasteiger partial charge in [0, 0.05) is 42.7 Å². The highest BCUT2D eigenvalue weighted by Crippen LogP contribution is 2.18. The minimum Gasteiger partial charge on any atom is -0.351 e. The van der Waals surface area contributed by atoms with Gasteiger partial charge in [-0.05, 0) is 18.9 Å². The van der Waals surface area contributed by atoms with Gasteiger partial charge in [-0.2, -0.15) is 4.98 Å². The van der Waals surface area contributed by atoms with Crippen molar-refractivity contribution in [2.45, 2.75) is 31.7 Å². The largest absolute Gasteiger partial charge is 0.351 e. The fourth-order valence-electron chi connectivity index (χ4n) is 2.94. The summed E-state index contributed by atoms with van der Waals surface area (Å²) in [4.78, 5) is 22.7. The number of alkyl halides is 2. The van der Waals surface area contributed by atoms with Crippen molar-refractivity contribution in [1.82, 2.24) is 19.3 Å². The van der Waals surface area contributed by atoms with Gasteiger partial charge < -0.3 is 10.3 Å². The third kappa shape index (κ3) is 4.33. The van der Waals surface area contributed by atoms with Gasteiger partial charge in [0.25, 0.3) is 5.56 Å². The number of H-pyrrole nitrogens is 1. The second-order valence-corrected chi connectivity index (χ2v) is 8.28. The van der Waals surface area contributed by atoms with E-state index in [4.69, 9.17) is 0 Å². The molecule has 3 heterocycles. The van der Waals surface area contributed by atoms with Gasteiger partial charge in [0.1, 0.15) is 5.65 Å². The first-order valence-corrected chi connectivity index (χ1v) is 9.96. The first-order chi connectivity index (χ1) is 12.2. The highest BCUT2D eigenvalue weighted by atomic mass is 32.2. The summed E-state index contributed by atoms with van der Waals surface area (Å²) in [5, 5.41) is 3.60. The molecule has 8 nitrogen and oxygen atoms in total. The number of hydrogen-bond acceptors (Lipinski definition) is 6. The van der Waals surface area contributed by atoms with Crippen LogP contribution in [0.15, 0.2) is 17.1 Å².